The van der Waals surface area contributed by atoms with Crippen LogP contribution in [-0.2, 0) is 18.9 Å². The van der Waals surface area contributed by atoms with E-state index in [-0.39, 0.29) is 19.2 Å². The van der Waals surface area contributed by atoms with Gasteiger partial charge in [0, 0.05) is 31.0 Å². The zero-order chi connectivity index (χ0) is 26.8. The Morgan fingerprint density at radius 2 is 1.68 bits per heavy atom. The number of anilines is 1. The summed E-state index contributed by atoms with van der Waals surface area (Å²) in [6, 6.07) is 0.791. The van der Waals surface area contributed by atoms with Crippen molar-refractivity contribution in [2.75, 3.05) is 30.3 Å². The van der Waals surface area contributed by atoms with Crippen LogP contribution in [0, 0.1) is 0 Å². The molecule has 14 heteroatoms. The fraction of sp³-hybridized carbons (Fsp3) is 0.478. The normalized spacial score (nSPS) is 14.5. The van der Waals surface area contributed by atoms with Gasteiger partial charge in [-0.2, -0.15) is 31.4 Å². The molecule has 1 N–H and O–H groups in total. The van der Waals surface area contributed by atoms with Gasteiger partial charge in [-0.3, -0.25) is 4.79 Å². The van der Waals surface area contributed by atoms with Gasteiger partial charge in [-0.1, -0.05) is 18.7 Å². The molecule has 4 rings (SSSR count). The molecule has 3 heterocycles. The number of nitrogens with zero attached hydrogens (tertiary/aromatic N) is 5. The molecule has 1 fully saturated rings. The second kappa shape index (κ2) is 10.8. The third-order valence-electron chi connectivity index (χ3n) is 5.76. The highest BCUT2D eigenvalue weighted by atomic mass is 32.2. The molecule has 0 bridgehead atoms. The average Bonchev–Trinajstić information content (AvgIpc) is 3.51. The summed E-state index contributed by atoms with van der Waals surface area (Å²) in [4.78, 5) is 24.0. The number of nitrogens with one attached hydrogen (secondary N) is 1. The maximum Gasteiger partial charge on any atom is 0.416 e. The summed E-state index contributed by atoms with van der Waals surface area (Å²) in [5, 5.41) is 8.05. The number of amides is 1. The minimum absolute atomic E-state index is 0.0154. The van der Waals surface area contributed by atoms with Gasteiger partial charge >= 0.3 is 12.4 Å². The Morgan fingerprint density at radius 1 is 1.03 bits per heavy atom. The molecule has 37 heavy (non-hydrogen) atoms. The number of benzene rings is 1. The Kier molecular flexibility index (Phi) is 7.85. The summed E-state index contributed by atoms with van der Waals surface area (Å²) in [7, 11) is 0. The number of carbonyl (C=O) groups is 1. The number of thioether (sulfide) groups is 1. The second-order valence-electron chi connectivity index (χ2n) is 8.53. The van der Waals surface area contributed by atoms with E-state index < -0.39 is 35.0 Å². The molecule has 1 aliphatic rings. The van der Waals surface area contributed by atoms with Gasteiger partial charge in [0.25, 0.3) is 5.91 Å². The molecule has 1 aliphatic heterocycles. The van der Waals surface area contributed by atoms with Gasteiger partial charge in [0.1, 0.15) is 5.82 Å². The van der Waals surface area contributed by atoms with Crippen LogP contribution in [0.25, 0.3) is 11.0 Å². The van der Waals surface area contributed by atoms with Crippen molar-refractivity contribution in [2.45, 2.75) is 50.2 Å². The largest absolute Gasteiger partial charge is 0.416 e. The third kappa shape index (κ3) is 6.28. The molecule has 0 radical (unpaired) electrons. The molecular weight excluding hydrogens is 522 g/mol. The Balaban J connectivity index is 1.54. The summed E-state index contributed by atoms with van der Waals surface area (Å²) in [6.45, 7) is 3.79. The number of halogens is 6. The van der Waals surface area contributed by atoms with Crippen molar-refractivity contribution in [2.24, 2.45) is 0 Å². The molecule has 7 nitrogen and oxygen atoms in total. The minimum Gasteiger partial charge on any atom is -0.356 e. The van der Waals surface area contributed by atoms with Crippen LogP contribution in [0.5, 0.6) is 0 Å². The van der Waals surface area contributed by atoms with Crippen LogP contribution >= 0.6 is 11.8 Å². The summed E-state index contributed by atoms with van der Waals surface area (Å²) in [6.07, 6.45) is -5.41. The van der Waals surface area contributed by atoms with Crippen molar-refractivity contribution < 1.29 is 31.1 Å². The molecule has 0 saturated carbocycles. The highest BCUT2D eigenvalue weighted by Crippen LogP contribution is 2.36. The maximum absolute atomic E-state index is 13.1. The maximum atomic E-state index is 13.1. The van der Waals surface area contributed by atoms with E-state index in [0.717, 1.165) is 49.3 Å². The van der Waals surface area contributed by atoms with Crippen LogP contribution in [0.4, 0.5) is 32.2 Å². The Hall–Kier alpha value is -3.03. The molecular formula is C23H24F6N6OS. The molecule has 1 aromatic carbocycles. The second-order valence-corrected chi connectivity index (χ2v) is 9.59. The number of alkyl halides is 6. The fourth-order valence-electron chi connectivity index (χ4n) is 3.98. The van der Waals surface area contributed by atoms with E-state index in [0.29, 0.717) is 22.9 Å². The lowest BCUT2D eigenvalue weighted by Crippen LogP contribution is -2.28. The molecule has 200 valence electrons. The van der Waals surface area contributed by atoms with Gasteiger partial charge in [-0.05, 0) is 37.5 Å². The average molecular weight is 547 g/mol. The molecule has 0 atom stereocenters. The predicted octanol–water partition coefficient (Wildman–Crippen LogP) is 5.40. The van der Waals surface area contributed by atoms with Crippen molar-refractivity contribution in [3.8, 4) is 0 Å². The summed E-state index contributed by atoms with van der Waals surface area (Å²) < 4.78 is 80.2. The Morgan fingerprint density at radius 3 is 2.27 bits per heavy atom. The molecule has 3 aromatic rings. The Bertz CT molecular complexity index is 1240. The zero-order valence-corrected chi connectivity index (χ0v) is 20.6. The van der Waals surface area contributed by atoms with E-state index in [9.17, 15) is 31.1 Å². The van der Waals surface area contributed by atoms with Gasteiger partial charge in [-0.15, -0.1) is 0 Å². The first-order chi connectivity index (χ1) is 17.5. The molecule has 1 saturated heterocycles. The lowest BCUT2D eigenvalue weighted by molar-refractivity contribution is -0.143. The SMILES string of the molecule is CCCSc1nc(N2CCCC2)c2cnn(CCNC(=O)c3cc(C(F)(F)F)cc(C(F)(F)F)c3)c2n1. The first-order valence-electron chi connectivity index (χ1n) is 11.7. The summed E-state index contributed by atoms with van der Waals surface area (Å²) in [5.74, 6) is 0.547. The van der Waals surface area contributed by atoms with Crippen LogP contribution in [0.15, 0.2) is 29.6 Å². The van der Waals surface area contributed by atoms with Crippen LogP contribution in [0.1, 0.15) is 47.7 Å². The number of hydrogen-bond donors (Lipinski definition) is 1. The smallest absolute Gasteiger partial charge is 0.356 e. The fourth-order valence-corrected chi connectivity index (χ4v) is 4.66. The summed E-state index contributed by atoms with van der Waals surface area (Å²) in [5.41, 5.74) is -3.28. The van der Waals surface area contributed by atoms with Crippen molar-refractivity contribution in [3.05, 3.63) is 41.1 Å². The summed E-state index contributed by atoms with van der Waals surface area (Å²) >= 11 is 1.51. The topological polar surface area (TPSA) is 75.9 Å². The quantitative estimate of drug-likeness (QED) is 0.232. The first kappa shape index (κ1) is 27.0. The van der Waals surface area contributed by atoms with Crippen LogP contribution in [0.3, 0.4) is 0 Å². The van der Waals surface area contributed by atoms with Gasteiger partial charge in [0.15, 0.2) is 10.8 Å². The van der Waals surface area contributed by atoms with E-state index in [1.165, 1.54) is 11.8 Å². The van der Waals surface area contributed by atoms with E-state index in [1.54, 1.807) is 10.9 Å². The highest BCUT2D eigenvalue weighted by Gasteiger charge is 2.37. The molecule has 0 spiro atoms. The number of fused-ring (bicyclic) bond motifs is 1. The monoisotopic (exact) mass is 546 g/mol. The molecule has 0 unspecified atom stereocenters. The van der Waals surface area contributed by atoms with Crippen molar-refractivity contribution in [1.82, 2.24) is 25.1 Å². The number of aromatic nitrogens is 4. The van der Waals surface area contributed by atoms with Crippen molar-refractivity contribution in [3.63, 3.8) is 0 Å². The molecule has 1 amide bonds. The van der Waals surface area contributed by atoms with Crippen LogP contribution in [0.2, 0.25) is 0 Å². The van der Waals surface area contributed by atoms with E-state index in [1.807, 2.05) is 6.92 Å². The lowest BCUT2D eigenvalue weighted by Gasteiger charge is -2.18. The minimum atomic E-state index is -5.04. The zero-order valence-electron chi connectivity index (χ0n) is 19.8. The molecule has 2 aromatic heterocycles. The van der Waals surface area contributed by atoms with Crippen molar-refractivity contribution >= 4 is 34.5 Å². The van der Waals surface area contributed by atoms with Gasteiger partial charge in [-0.25, -0.2) is 14.6 Å². The van der Waals surface area contributed by atoms with E-state index in [4.69, 9.17) is 4.98 Å². The predicted molar refractivity (Wildman–Crippen MR) is 127 cm³/mol. The number of hydrogen-bond acceptors (Lipinski definition) is 6. The van der Waals surface area contributed by atoms with E-state index in [2.05, 4.69) is 20.3 Å². The first-order valence-corrected chi connectivity index (χ1v) is 12.6. The highest BCUT2D eigenvalue weighted by molar-refractivity contribution is 7.99. The van der Waals surface area contributed by atoms with E-state index >= 15 is 0 Å². The Labute approximate surface area is 212 Å². The standard InChI is InChI=1S/C23H24F6N6OS/c1-2-9-37-21-32-18(34-6-3-4-7-34)17-13-31-35(19(17)33-21)8-5-30-20(36)14-10-15(22(24,25)26)12-16(11-14)23(27,28)29/h10-13H,2-9H2,1H3,(H,30,36). The number of rotatable bonds is 8. The number of carbonyl (C=O) groups excluding carboxylic acids is 1. The molecule has 0 aliphatic carbocycles. The van der Waals surface area contributed by atoms with Crippen LogP contribution < -0.4 is 10.2 Å². The van der Waals surface area contributed by atoms with Crippen molar-refractivity contribution in [1.29, 1.82) is 0 Å². The lowest BCUT2D eigenvalue weighted by atomic mass is 10.0. The van der Waals surface area contributed by atoms with Gasteiger partial charge in [0.2, 0.25) is 0 Å². The third-order valence-corrected chi connectivity index (χ3v) is 6.81. The van der Waals surface area contributed by atoms with Gasteiger partial charge < -0.3 is 10.2 Å². The van der Waals surface area contributed by atoms with Gasteiger partial charge in [0.05, 0.1) is 29.3 Å². The van der Waals surface area contributed by atoms with Crippen LogP contribution in [-0.4, -0.2) is 51.0 Å².